The molecule has 0 saturated heterocycles. The molecular formula is C71H113N3O. The molecule has 418 valence electrons. The van der Waals surface area contributed by atoms with Gasteiger partial charge in [-0.25, -0.2) is 0 Å². The van der Waals surface area contributed by atoms with E-state index in [9.17, 15) is 4.79 Å². The Morgan fingerprint density at radius 3 is 1.03 bits per heavy atom. The average Bonchev–Trinajstić information content (AvgIpc) is 3.21. The highest BCUT2D eigenvalue weighted by molar-refractivity contribution is 5.85. The molecule has 0 radical (unpaired) electrons. The van der Waals surface area contributed by atoms with Crippen molar-refractivity contribution in [3.8, 4) is 0 Å². The van der Waals surface area contributed by atoms with E-state index in [1.54, 1.807) is 6.20 Å². The zero-order valence-electron chi connectivity index (χ0n) is 54.2. The first-order chi connectivity index (χ1) is 33.4. The van der Waals surface area contributed by atoms with Gasteiger partial charge >= 0.3 is 0 Å². The zero-order chi connectivity index (χ0) is 58.6. The minimum Gasteiger partial charge on any atom is -0.299 e. The summed E-state index contributed by atoms with van der Waals surface area (Å²) in [4.78, 5) is 25.1. The van der Waals surface area contributed by atoms with Gasteiger partial charge < -0.3 is 0 Å². The van der Waals surface area contributed by atoms with Gasteiger partial charge in [0.1, 0.15) is 5.78 Å². The highest BCUT2D eigenvalue weighted by Crippen LogP contribution is 2.31. The Bertz CT molecular complexity index is 2310. The molecule has 0 aliphatic carbocycles. The molecule has 4 nitrogen and oxygen atoms in total. The fourth-order valence-corrected chi connectivity index (χ4v) is 7.60. The third-order valence-corrected chi connectivity index (χ3v) is 12.7. The van der Waals surface area contributed by atoms with E-state index in [1.807, 2.05) is 45.3 Å². The summed E-state index contributed by atoms with van der Waals surface area (Å²) in [7, 11) is 0. The molecule has 0 spiro atoms. The van der Waals surface area contributed by atoms with Gasteiger partial charge in [0.15, 0.2) is 0 Å². The zero-order valence-corrected chi connectivity index (χ0v) is 54.2. The van der Waals surface area contributed by atoms with Crippen LogP contribution >= 0.6 is 0 Å². The molecule has 0 aliphatic heterocycles. The maximum atomic E-state index is 12.0. The van der Waals surface area contributed by atoms with Gasteiger partial charge in [-0.2, -0.15) is 0 Å². The number of benzene rings is 2. The monoisotopic (exact) mass is 1020 g/mol. The van der Waals surface area contributed by atoms with Gasteiger partial charge in [0.2, 0.25) is 0 Å². The number of nitrogens with zero attached hydrogens (tertiary/aromatic N) is 3. The Balaban J connectivity index is 0.000000470. The van der Waals surface area contributed by atoms with Crippen LogP contribution in [0, 0.1) is 16.2 Å². The van der Waals surface area contributed by atoms with Crippen LogP contribution < -0.4 is 0 Å². The van der Waals surface area contributed by atoms with Crippen LogP contribution in [0.4, 0.5) is 0 Å². The first-order valence-electron chi connectivity index (χ1n) is 28.0. The van der Waals surface area contributed by atoms with Crippen molar-refractivity contribution in [1.82, 2.24) is 15.0 Å². The van der Waals surface area contributed by atoms with Gasteiger partial charge in [0, 0.05) is 58.3 Å². The third kappa shape index (κ3) is 27.4. The number of aromatic nitrogens is 3. The lowest BCUT2D eigenvalue weighted by molar-refractivity contribution is -0.125. The third-order valence-electron chi connectivity index (χ3n) is 12.7. The molecule has 5 rings (SSSR count). The normalized spacial score (nSPS) is 12.9. The summed E-state index contributed by atoms with van der Waals surface area (Å²) >= 11 is 0. The topological polar surface area (TPSA) is 55.7 Å². The van der Waals surface area contributed by atoms with Crippen LogP contribution in [-0.2, 0) is 62.0 Å². The number of pyridine rings is 3. The largest absolute Gasteiger partial charge is 0.299 e. The first kappa shape index (κ1) is 68.6. The van der Waals surface area contributed by atoms with E-state index in [4.69, 9.17) is 0 Å². The van der Waals surface area contributed by atoms with Crippen molar-refractivity contribution in [2.75, 3.05) is 0 Å². The van der Waals surface area contributed by atoms with Crippen LogP contribution in [0.1, 0.15) is 264 Å². The molecule has 5 aromatic rings. The van der Waals surface area contributed by atoms with Gasteiger partial charge in [0.05, 0.1) is 0 Å². The van der Waals surface area contributed by atoms with Gasteiger partial charge in [-0.05, 0) is 126 Å². The van der Waals surface area contributed by atoms with E-state index >= 15 is 0 Å². The molecule has 3 aromatic heterocycles. The van der Waals surface area contributed by atoms with E-state index in [0.29, 0.717) is 17.3 Å². The molecule has 2 aromatic carbocycles. The number of carbonyl (C=O) groups is 1. The number of hydrogen-bond acceptors (Lipinski definition) is 4. The van der Waals surface area contributed by atoms with Gasteiger partial charge in [-0.3, -0.25) is 19.7 Å². The minimum atomic E-state index is -0.292. The molecule has 3 heterocycles. The predicted octanol–water partition coefficient (Wildman–Crippen LogP) is 20.0. The molecule has 75 heavy (non-hydrogen) atoms. The molecule has 0 fully saturated rings. The lowest BCUT2D eigenvalue weighted by Gasteiger charge is -2.24. The fraction of sp³-hybridized carbons (Fsp3) is 0.606. The molecular weight excluding hydrogens is 911 g/mol. The van der Waals surface area contributed by atoms with Crippen molar-refractivity contribution in [2.45, 2.75) is 265 Å². The van der Waals surface area contributed by atoms with Gasteiger partial charge in [-0.1, -0.05) is 256 Å². The smallest absolute Gasteiger partial charge is 0.144 e. The lowest BCUT2D eigenvalue weighted by atomic mass is 9.81. The van der Waals surface area contributed by atoms with Crippen LogP contribution in [0.3, 0.4) is 0 Å². The molecule has 0 saturated carbocycles. The van der Waals surface area contributed by atoms with Crippen LogP contribution in [0.25, 0.3) is 0 Å². The SMILES string of the molecule is CC(C)(C)C(=O)Cc1cc(C(C)(C)C)ccn1.CC(C)(C)Cc1cccc(C(C)(C)C)c1.CC(C)(C)Cc1ccnc(C(C)(C)C)c1.CC(C)(C)c1cccc(C(C)(C)C)c1.CC(C)(C)c1ccnc(C(C)(C)C)c1. The van der Waals surface area contributed by atoms with E-state index in [-0.39, 0.29) is 49.1 Å². The quantitative estimate of drug-likeness (QED) is 0.180. The van der Waals surface area contributed by atoms with Gasteiger partial charge in [0.25, 0.3) is 0 Å². The highest BCUT2D eigenvalue weighted by Gasteiger charge is 2.24. The summed E-state index contributed by atoms with van der Waals surface area (Å²) in [6, 6.07) is 30.7. The number of carbonyl (C=O) groups excluding carboxylic acids is 1. The Hall–Kier alpha value is -4.44. The van der Waals surface area contributed by atoms with Crippen molar-refractivity contribution in [2.24, 2.45) is 16.2 Å². The lowest BCUT2D eigenvalue weighted by Crippen LogP contribution is -2.23. The Kier molecular flexibility index (Phi) is 24.0. The maximum Gasteiger partial charge on any atom is 0.144 e. The summed E-state index contributed by atoms with van der Waals surface area (Å²) in [6.07, 6.45) is 8.33. The van der Waals surface area contributed by atoms with E-state index < -0.39 is 0 Å². The second kappa shape index (κ2) is 26.3. The summed E-state index contributed by atoms with van der Waals surface area (Å²) in [5.74, 6) is 0.232. The van der Waals surface area contributed by atoms with Crippen molar-refractivity contribution in [1.29, 1.82) is 0 Å². The predicted molar refractivity (Wildman–Crippen MR) is 331 cm³/mol. The fourth-order valence-electron chi connectivity index (χ4n) is 7.60. The molecule has 0 amide bonds. The summed E-state index contributed by atoms with van der Waals surface area (Å²) in [5.41, 5.74) is 14.7. The minimum absolute atomic E-state index is 0.0997. The second-order valence-corrected chi connectivity index (χ2v) is 31.9. The van der Waals surface area contributed by atoms with Crippen molar-refractivity contribution in [3.05, 3.63) is 160 Å². The van der Waals surface area contributed by atoms with E-state index in [2.05, 4.69) is 275 Å². The second-order valence-electron chi connectivity index (χ2n) is 31.9. The highest BCUT2D eigenvalue weighted by atomic mass is 16.1. The number of hydrogen-bond donors (Lipinski definition) is 0. The molecule has 0 N–H and O–H groups in total. The molecule has 0 bridgehead atoms. The Morgan fingerprint density at radius 1 is 0.333 bits per heavy atom. The van der Waals surface area contributed by atoms with Crippen LogP contribution in [0.5, 0.6) is 0 Å². The molecule has 0 aliphatic rings. The maximum absolute atomic E-state index is 12.0. The Labute approximate surface area is 464 Å². The molecule has 0 unspecified atom stereocenters. The average molecular weight is 1020 g/mol. The number of rotatable bonds is 4. The van der Waals surface area contributed by atoms with E-state index in [0.717, 1.165) is 18.5 Å². The van der Waals surface area contributed by atoms with Crippen molar-refractivity contribution >= 4 is 5.78 Å². The number of Topliss-reactive ketones (excluding diaryl/α,β-unsaturated/α-hetero) is 1. The van der Waals surface area contributed by atoms with Gasteiger partial charge in [-0.15, -0.1) is 0 Å². The molecule has 4 heteroatoms. The summed E-state index contributed by atoms with van der Waals surface area (Å²) < 4.78 is 0. The van der Waals surface area contributed by atoms with Crippen LogP contribution in [0.15, 0.2) is 104 Å². The summed E-state index contributed by atoms with van der Waals surface area (Å²) in [5, 5.41) is 0. The van der Waals surface area contributed by atoms with E-state index in [1.165, 1.54) is 50.3 Å². The molecule has 0 atom stereocenters. The van der Waals surface area contributed by atoms with Crippen molar-refractivity contribution < 1.29 is 4.79 Å². The Morgan fingerprint density at radius 2 is 0.653 bits per heavy atom. The number of ketones is 1. The first-order valence-corrected chi connectivity index (χ1v) is 28.0. The van der Waals surface area contributed by atoms with Crippen molar-refractivity contribution in [3.63, 3.8) is 0 Å². The van der Waals surface area contributed by atoms with Crippen LogP contribution in [-0.4, -0.2) is 20.7 Å². The summed E-state index contributed by atoms with van der Waals surface area (Å²) in [6.45, 7) is 66.3. The van der Waals surface area contributed by atoms with Crippen LogP contribution in [0.2, 0.25) is 0 Å². The standard InChI is InChI=1S/C15H23NO.C15H24.C14H23N.C14H22.C13H21N/c1-14(2,3)11-7-8-16-12(9-11)10-13(17)15(4,5)6;1-14(2,3)11-12-8-7-9-13(10-12)15(4,5)6;1-13(2,3)10-11-7-8-15-12(9-11)14(4,5)6;1-13(2,3)11-8-7-9-12(10-11)14(4,5)6;1-12(2,3)10-7-8-14-11(9-10)13(4,5)6/h7-9H,10H2,1-6H3;7-10H,11H2,1-6H3;7-9H,10H2,1-6H3;7-10H,1-6H3;7-9H,1-6H3.